The molecule has 59 heavy (non-hydrogen) atoms. The van der Waals surface area contributed by atoms with E-state index in [1.165, 1.54) is 110 Å². The molecule has 11 aromatic rings. The quantitative estimate of drug-likeness (QED) is 0.170. The first-order chi connectivity index (χ1) is 29.2. The van der Waals surface area contributed by atoms with Crippen LogP contribution in [-0.2, 0) is 0 Å². The van der Waals surface area contributed by atoms with Gasteiger partial charge < -0.3 is 4.90 Å². The van der Waals surface area contributed by atoms with Crippen molar-refractivity contribution in [3.8, 4) is 66.8 Å². The van der Waals surface area contributed by atoms with Gasteiger partial charge in [0, 0.05) is 22.5 Å². The van der Waals surface area contributed by atoms with Crippen LogP contribution in [0, 0.1) is 0 Å². The first-order valence-electron chi connectivity index (χ1n) is 20.5. The van der Waals surface area contributed by atoms with E-state index in [1.807, 2.05) is 0 Å². The highest BCUT2D eigenvalue weighted by atomic mass is 15.1. The number of para-hydroxylation sites is 1. The fourth-order valence-electron chi connectivity index (χ4n) is 9.88. The Morgan fingerprint density at radius 3 is 0.864 bits per heavy atom. The fourth-order valence-corrected chi connectivity index (χ4v) is 9.88. The Morgan fingerprint density at radius 2 is 0.508 bits per heavy atom. The first-order valence-corrected chi connectivity index (χ1v) is 20.5. The molecule has 0 aromatic heterocycles. The van der Waals surface area contributed by atoms with E-state index in [-0.39, 0.29) is 0 Å². The second-order valence-corrected chi connectivity index (χ2v) is 16.1. The van der Waals surface area contributed by atoms with Gasteiger partial charge in [-0.1, -0.05) is 140 Å². The first kappa shape index (κ1) is 32.4. The van der Waals surface area contributed by atoms with Crippen molar-refractivity contribution in [3.63, 3.8) is 0 Å². The third-order valence-corrected chi connectivity index (χ3v) is 12.8. The van der Waals surface area contributed by atoms with Crippen molar-refractivity contribution in [1.29, 1.82) is 0 Å². The molecule has 0 saturated carbocycles. The largest absolute Gasteiger partial charge is 0.309 e. The number of fused-ring (bicyclic) bond motifs is 12. The third kappa shape index (κ3) is 4.92. The SMILES string of the molecule is c1ccc(-c2cccc(-c3ccccc3)c2N(c2ccc3cc4c(cc3c2)-c2cc3ccccc3cc2-4)c2ccc3cc4c(cc3c2)-c2cc3ccccc3cc2-4)cc1. The number of benzene rings is 11. The maximum Gasteiger partial charge on any atom is 0.0618 e. The normalized spacial score (nSPS) is 12.1. The molecule has 0 radical (unpaired) electrons. The minimum atomic E-state index is 1.12. The molecule has 11 aromatic carbocycles. The van der Waals surface area contributed by atoms with Crippen molar-refractivity contribution in [2.24, 2.45) is 0 Å². The fraction of sp³-hybridized carbons (Fsp3) is 0. The summed E-state index contributed by atoms with van der Waals surface area (Å²) >= 11 is 0. The van der Waals surface area contributed by atoms with Crippen LogP contribution in [-0.4, -0.2) is 0 Å². The molecule has 0 spiro atoms. The Bertz CT molecular complexity index is 3310. The third-order valence-electron chi connectivity index (χ3n) is 12.8. The summed E-state index contributed by atoms with van der Waals surface area (Å²) in [5.74, 6) is 0. The molecule has 0 atom stereocenters. The summed E-state index contributed by atoms with van der Waals surface area (Å²) in [5, 5.41) is 10.1. The molecule has 0 heterocycles. The predicted octanol–water partition coefficient (Wildman–Crippen LogP) is 16.4. The molecule has 0 unspecified atom stereocenters. The molecule has 0 N–H and O–H groups in total. The number of rotatable bonds is 5. The second kappa shape index (κ2) is 12.4. The molecule has 0 bridgehead atoms. The minimum absolute atomic E-state index is 1.12. The minimum Gasteiger partial charge on any atom is -0.309 e. The predicted molar refractivity (Wildman–Crippen MR) is 251 cm³/mol. The second-order valence-electron chi connectivity index (χ2n) is 16.1. The van der Waals surface area contributed by atoms with E-state index in [4.69, 9.17) is 0 Å². The van der Waals surface area contributed by atoms with Crippen LogP contribution in [0.2, 0.25) is 0 Å². The zero-order valence-corrected chi connectivity index (χ0v) is 32.2. The Kier molecular flexibility index (Phi) is 6.79. The summed E-state index contributed by atoms with van der Waals surface area (Å²) in [4.78, 5) is 2.51. The summed E-state index contributed by atoms with van der Waals surface area (Å²) in [6.07, 6.45) is 0. The van der Waals surface area contributed by atoms with Gasteiger partial charge in [-0.05, 0) is 172 Å². The molecule has 1 heteroatoms. The lowest BCUT2D eigenvalue weighted by atomic mass is 9.78. The highest BCUT2D eigenvalue weighted by Gasteiger charge is 2.27. The lowest BCUT2D eigenvalue weighted by Gasteiger charge is -2.31. The van der Waals surface area contributed by atoms with Crippen LogP contribution >= 0.6 is 0 Å². The number of hydrogen-bond donors (Lipinski definition) is 0. The van der Waals surface area contributed by atoms with Crippen LogP contribution < -0.4 is 4.90 Å². The van der Waals surface area contributed by atoms with E-state index < -0.39 is 0 Å². The van der Waals surface area contributed by atoms with Gasteiger partial charge in [0.1, 0.15) is 0 Å². The van der Waals surface area contributed by atoms with Gasteiger partial charge in [-0.2, -0.15) is 0 Å². The van der Waals surface area contributed by atoms with Crippen molar-refractivity contribution < 1.29 is 0 Å². The molecule has 0 amide bonds. The lowest BCUT2D eigenvalue weighted by molar-refractivity contribution is 1.29. The average Bonchev–Trinajstić information content (AvgIpc) is 3.30. The van der Waals surface area contributed by atoms with Gasteiger partial charge >= 0.3 is 0 Å². The topological polar surface area (TPSA) is 3.24 Å². The monoisotopic (exact) mass is 745 g/mol. The number of nitrogens with zero attached hydrogens (tertiary/aromatic N) is 1. The van der Waals surface area contributed by atoms with Crippen LogP contribution in [0.5, 0.6) is 0 Å². The summed E-state index contributed by atoms with van der Waals surface area (Å²) in [7, 11) is 0. The highest BCUT2D eigenvalue weighted by molar-refractivity contribution is 6.14. The van der Waals surface area contributed by atoms with Crippen LogP contribution in [0.3, 0.4) is 0 Å². The van der Waals surface area contributed by atoms with Crippen molar-refractivity contribution >= 4 is 60.2 Å². The maximum absolute atomic E-state index is 2.51. The summed E-state index contributed by atoms with van der Waals surface area (Å²) < 4.78 is 0. The molecule has 0 aliphatic heterocycles. The van der Waals surface area contributed by atoms with Gasteiger partial charge in [0.05, 0.1) is 5.69 Å². The highest BCUT2D eigenvalue weighted by Crippen LogP contribution is 2.53. The average molecular weight is 746 g/mol. The Labute approximate surface area is 342 Å². The zero-order valence-electron chi connectivity index (χ0n) is 32.2. The summed E-state index contributed by atoms with van der Waals surface area (Å²) in [6, 6.07) is 78.9. The van der Waals surface area contributed by atoms with E-state index in [2.05, 4.69) is 217 Å². The molecular weight excluding hydrogens is 711 g/mol. The Hall–Kier alpha value is -7.74. The molecule has 13 rings (SSSR count). The standard InChI is InChI=1S/C58H35N/c1-3-12-36(13-4-1)48-20-11-21-49(37-14-5-2-6-15-37)58(48)59(46-24-22-42-32-54-50-28-38-16-7-9-18-40(38)30-52(50)56(54)34-44(42)26-46)47-25-23-43-33-55-51-29-39-17-8-10-19-41(39)31-53(51)57(55)35-45(43)27-47/h1-35H. The van der Waals surface area contributed by atoms with Crippen LogP contribution in [0.1, 0.15) is 0 Å². The molecule has 0 saturated heterocycles. The van der Waals surface area contributed by atoms with Crippen LogP contribution in [0.4, 0.5) is 17.1 Å². The molecule has 2 aliphatic carbocycles. The van der Waals surface area contributed by atoms with Gasteiger partial charge in [0.25, 0.3) is 0 Å². The summed E-state index contributed by atoms with van der Waals surface area (Å²) in [6.45, 7) is 0. The Morgan fingerprint density at radius 1 is 0.203 bits per heavy atom. The zero-order chi connectivity index (χ0) is 38.6. The van der Waals surface area contributed by atoms with Gasteiger partial charge in [-0.15, -0.1) is 0 Å². The van der Waals surface area contributed by atoms with Crippen molar-refractivity contribution in [2.45, 2.75) is 0 Å². The Balaban J connectivity index is 1.03. The summed E-state index contributed by atoms with van der Waals surface area (Å²) in [5.41, 5.74) is 18.8. The van der Waals surface area contributed by atoms with E-state index in [1.54, 1.807) is 0 Å². The number of anilines is 3. The number of hydrogen-bond acceptors (Lipinski definition) is 1. The molecule has 2 aliphatic rings. The van der Waals surface area contributed by atoms with E-state index in [9.17, 15) is 0 Å². The molecule has 0 fully saturated rings. The molecule has 272 valence electrons. The maximum atomic E-state index is 2.51. The van der Waals surface area contributed by atoms with Gasteiger partial charge in [0.2, 0.25) is 0 Å². The lowest BCUT2D eigenvalue weighted by Crippen LogP contribution is -2.13. The van der Waals surface area contributed by atoms with Gasteiger partial charge in [-0.25, -0.2) is 0 Å². The van der Waals surface area contributed by atoms with Crippen LogP contribution in [0.15, 0.2) is 212 Å². The van der Waals surface area contributed by atoms with Crippen molar-refractivity contribution in [2.75, 3.05) is 4.90 Å². The smallest absolute Gasteiger partial charge is 0.0618 e. The van der Waals surface area contributed by atoms with Crippen molar-refractivity contribution in [3.05, 3.63) is 212 Å². The molecular formula is C58H35N. The molecule has 1 nitrogen and oxygen atoms in total. The van der Waals surface area contributed by atoms with Crippen LogP contribution in [0.25, 0.3) is 110 Å². The van der Waals surface area contributed by atoms with E-state index >= 15 is 0 Å². The van der Waals surface area contributed by atoms with E-state index in [0.29, 0.717) is 0 Å². The van der Waals surface area contributed by atoms with E-state index in [0.717, 1.165) is 17.1 Å². The van der Waals surface area contributed by atoms with Gasteiger partial charge in [-0.3, -0.25) is 0 Å². The van der Waals surface area contributed by atoms with Crippen molar-refractivity contribution in [1.82, 2.24) is 0 Å². The van der Waals surface area contributed by atoms with Gasteiger partial charge in [0.15, 0.2) is 0 Å².